The number of hydrogen-bond acceptors (Lipinski definition) is 5. The minimum absolute atomic E-state index is 0.289. The lowest BCUT2D eigenvalue weighted by atomic mass is 10.3. The summed E-state index contributed by atoms with van der Waals surface area (Å²) in [5.74, 6) is 2.38. The van der Waals surface area contributed by atoms with E-state index in [1.165, 1.54) is 0 Å². The summed E-state index contributed by atoms with van der Waals surface area (Å²) in [6, 6.07) is 3.81. The number of benzene rings is 1. The maximum atomic E-state index is 5.57. The summed E-state index contributed by atoms with van der Waals surface area (Å²) < 4.78 is 16.1. The van der Waals surface area contributed by atoms with Gasteiger partial charge in [-0.3, -0.25) is 4.99 Å². The van der Waals surface area contributed by atoms with Crippen LogP contribution in [0.1, 0.15) is 0 Å². The monoisotopic (exact) mass is 223 g/mol. The molecule has 0 saturated heterocycles. The summed E-state index contributed by atoms with van der Waals surface area (Å²) in [6.07, 6.45) is 0. The maximum Gasteiger partial charge on any atom is 0.231 e. The predicted molar refractivity (Wildman–Crippen MR) is 57.3 cm³/mol. The number of nitrogens with zero attached hydrogens (tertiary/aromatic N) is 1. The van der Waals surface area contributed by atoms with Gasteiger partial charge in [-0.2, -0.15) is 0 Å². The number of thioether (sulfide) groups is 1. The first-order chi connectivity index (χ1) is 7.36. The third kappa shape index (κ3) is 1.43. The molecule has 0 radical (unpaired) electrons. The lowest BCUT2D eigenvalue weighted by Gasteiger charge is -2.18. The van der Waals surface area contributed by atoms with Crippen molar-refractivity contribution < 1.29 is 14.2 Å². The van der Waals surface area contributed by atoms with E-state index in [4.69, 9.17) is 14.2 Å². The van der Waals surface area contributed by atoms with E-state index >= 15 is 0 Å². The van der Waals surface area contributed by atoms with Crippen molar-refractivity contribution in [3.63, 3.8) is 0 Å². The number of fused-ring (bicyclic) bond motifs is 2. The zero-order chi connectivity index (χ0) is 10.3. The van der Waals surface area contributed by atoms with E-state index in [-0.39, 0.29) is 6.79 Å². The van der Waals surface area contributed by atoms with E-state index in [1.54, 1.807) is 18.8 Å². The van der Waals surface area contributed by atoms with Crippen molar-refractivity contribution in [3.8, 4) is 17.2 Å². The first kappa shape index (κ1) is 8.91. The van der Waals surface area contributed by atoms with Crippen molar-refractivity contribution in [3.05, 3.63) is 12.1 Å². The number of aliphatic imine (C=N–C) groups is 1. The van der Waals surface area contributed by atoms with Gasteiger partial charge in [0.05, 0.1) is 4.90 Å². The molecule has 0 N–H and O–H groups in total. The van der Waals surface area contributed by atoms with Gasteiger partial charge in [-0.15, -0.1) is 0 Å². The number of hydrogen-bond donors (Lipinski definition) is 0. The highest BCUT2D eigenvalue weighted by Crippen LogP contribution is 2.44. The van der Waals surface area contributed by atoms with Crippen molar-refractivity contribution in [2.75, 3.05) is 20.4 Å². The lowest BCUT2D eigenvalue weighted by molar-refractivity contribution is 0.173. The quantitative estimate of drug-likeness (QED) is 0.673. The SMILES string of the molecule is CN=C1COc2cc3c(cc2S1)OCO3. The summed E-state index contributed by atoms with van der Waals surface area (Å²) in [7, 11) is 1.77. The van der Waals surface area contributed by atoms with Crippen LogP contribution in [0.4, 0.5) is 0 Å². The van der Waals surface area contributed by atoms with Gasteiger partial charge >= 0.3 is 0 Å². The Hall–Kier alpha value is -1.36. The highest BCUT2D eigenvalue weighted by atomic mass is 32.2. The molecule has 4 nitrogen and oxygen atoms in total. The molecule has 15 heavy (non-hydrogen) atoms. The normalized spacial score (nSPS) is 19.9. The highest BCUT2D eigenvalue weighted by molar-refractivity contribution is 8.14. The largest absolute Gasteiger partial charge is 0.485 e. The van der Waals surface area contributed by atoms with Crippen molar-refractivity contribution >= 4 is 16.8 Å². The molecular formula is C10H9NO3S. The van der Waals surface area contributed by atoms with Crippen LogP contribution >= 0.6 is 11.8 Å². The average Bonchev–Trinajstić information content (AvgIpc) is 2.72. The molecule has 0 fully saturated rings. The molecule has 2 aliphatic heterocycles. The Bertz CT molecular complexity index is 445. The zero-order valence-corrected chi connectivity index (χ0v) is 8.97. The van der Waals surface area contributed by atoms with E-state index < -0.39 is 0 Å². The fourth-order valence-electron chi connectivity index (χ4n) is 1.50. The fourth-order valence-corrected chi connectivity index (χ4v) is 2.35. The highest BCUT2D eigenvalue weighted by Gasteiger charge is 2.22. The number of ether oxygens (including phenoxy) is 3. The van der Waals surface area contributed by atoms with E-state index in [0.29, 0.717) is 6.61 Å². The summed E-state index contributed by atoms with van der Waals surface area (Å²) in [5, 5.41) is 0.973. The van der Waals surface area contributed by atoms with Crippen LogP contribution in [-0.4, -0.2) is 25.5 Å². The third-order valence-corrected chi connectivity index (χ3v) is 3.34. The fraction of sp³-hybridized carbons (Fsp3) is 0.300. The zero-order valence-electron chi connectivity index (χ0n) is 8.15. The molecule has 0 spiro atoms. The Morgan fingerprint density at radius 1 is 1.13 bits per heavy atom. The predicted octanol–water partition coefficient (Wildman–Crippen LogP) is 1.93. The van der Waals surface area contributed by atoms with Gasteiger partial charge in [-0.05, 0) is 0 Å². The van der Waals surface area contributed by atoms with Crippen LogP contribution in [0, 0.1) is 0 Å². The lowest BCUT2D eigenvalue weighted by Crippen LogP contribution is -2.13. The van der Waals surface area contributed by atoms with E-state index in [0.717, 1.165) is 27.2 Å². The molecule has 0 amide bonds. The molecule has 5 heteroatoms. The smallest absolute Gasteiger partial charge is 0.231 e. The molecule has 0 bridgehead atoms. The van der Waals surface area contributed by atoms with Gasteiger partial charge in [-0.1, -0.05) is 11.8 Å². The molecule has 0 saturated carbocycles. The van der Waals surface area contributed by atoms with E-state index in [9.17, 15) is 0 Å². The summed E-state index contributed by atoms with van der Waals surface area (Å²) >= 11 is 1.61. The Morgan fingerprint density at radius 2 is 1.93 bits per heavy atom. The molecule has 2 heterocycles. The molecular weight excluding hydrogens is 214 g/mol. The topological polar surface area (TPSA) is 40.0 Å². The molecule has 3 rings (SSSR count). The second-order valence-corrected chi connectivity index (χ2v) is 4.28. The van der Waals surface area contributed by atoms with Gasteiger partial charge in [0, 0.05) is 19.2 Å². The second kappa shape index (κ2) is 3.34. The van der Waals surface area contributed by atoms with Crippen LogP contribution in [-0.2, 0) is 0 Å². The Kier molecular flexibility index (Phi) is 1.98. The average molecular weight is 223 g/mol. The van der Waals surface area contributed by atoms with Gasteiger partial charge < -0.3 is 14.2 Å². The van der Waals surface area contributed by atoms with Gasteiger partial charge in [-0.25, -0.2) is 0 Å². The second-order valence-electron chi connectivity index (χ2n) is 3.16. The summed E-state index contributed by atoms with van der Waals surface area (Å²) in [5.41, 5.74) is 0. The molecule has 1 aromatic carbocycles. The van der Waals surface area contributed by atoms with Crippen molar-refractivity contribution in [2.24, 2.45) is 4.99 Å². The molecule has 0 aliphatic carbocycles. The van der Waals surface area contributed by atoms with E-state index in [1.807, 2.05) is 12.1 Å². The van der Waals surface area contributed by atoms with Crippen LogP contribution in [0.25, 0.3) is 0 Å². The minimum Gasteiger partial charge on any atom is -0.485 e. The van der Waals surface area contributed by atoms with Crippen molar-refractivity contribution in [1.29, 1.82) is 0 Å². The Morgan fingerprint density at radius 3 is 2.73 bits per heavy atom. The molecule has 0 atom stereocenters. The first-order valence-corrected chi connectivity index (χ1v) is 5.38. The molecule has 0 unspecified atom stereocenters. The summed E-state index contributed by atoms with van der Waals surface area (Å²) in [4.78, 5) is 5.16. The van der Waals surface area contributed by atoms with Crippen LogP contribution in [0.3, 0.4) is 0 Å². The Balaban J connectivity index is 2.04. The van der Waals surface area contributed by atoms with Crippen molar-refractivity contribution in [2.45, 2.75) is 4.90 Å². The number of rotatable bonds is 0. The van der Waals surface area contributed by atoms with Crippen LogP contribution in [0.15, 0.2) is 22.0 Å². The standard InChI is InChI=1S/C10H9NO3S/c1-11-10-4-12-8-2-6-7(14-5-13-6)3-9(8)15-10/h2-3H,4-5H2,1H3. The molecule has 78 valence electrons. The van der Waals surface area contributed by atoms with E-state index in [2.05, 4.69) is 4.99 Å². The summed E-state index contributed by atoms with van der Waals surface area (Å²) in [6.45, 7) is 0.825. The minimum atomic E-state index is 0.289. The van der Waals surface area contributed by atoms with Gasteiger partial charge in [0.1, 0.15) is 17.4 Å². The van der Waals surface area contributed by atoms with Crippen LogP contribution < -0.4 is 14.2 Å². The maximum absolute atomic E-state index is 5.57. The van der Waals surface area contributed by atoms with Crippen LogP contribution in [0.5, 0.6) is 17.2 Å². The molecule has 1 aromatic rings. The Labute approximate surface area is 91.2 Å². The van der Waals surface area contributed by atoms with Gasteiger partial charge in [0.2, 0.25) is 6.79 Å². The van der Waals surface area contributed by atoms with Gasteiger partial charge in [0.25, 0.3) is 0 Å². The van der Waals surface area contributed by atoms with Gasteiger partial charge in [0.15, 0.2) is 11.5 Å². The molecule has 2 aliphatic rings. The van der Waals surface area contributed by atoms with Crippen LogP contribution in [0.2, 0.25) is 0 Å². The first-order valence-electron chi connectivity index (χ1n) is 4.57. The molecule has 0 aromatic heterocycles. The third-order valence-electron chi connectivity index (χ3n) is 2.27. The van der Waals surface area contributed by atoms with Crippen molar-refractivity contribution in [1.82, 2.24) is 0 Å².